The smallest absolute Gasteiger partial charge is 0.138 e. The second kappa shape index (κ2) is 4.49. The first kappa shape index (κ1) is 10.8. The standard InChI is InChI=1S/C14H14N4/c1-11(12-5-7-15-8-6-12)17-14-4-2-3-13-16-9-10-18(13)14/h2-11,17H,1H3. The van der Waals surface area contributed by atoms with Gasteiger partial charge in [-0.1, -0.05) is 6.07 Å². The Balaban J connectivity index is 1.91. The number of anilines is 1. The summed E-state index contributed by atoms with van der Waals surface area (Å²) in [6.45, 7) is 2.13. The van der Waals surface area contributed by atoms with Gasteiger partial charge in [0.05, 0.1) is 6.04 Å². The molecule has 0 bridgehead atoms. The van der Waals surface area contributed by atoms with Crippen molar-refractivity contribution >= 4 is 11.5 Å². The molecule has 0 aliphatic rings. The quantitative estimate of drug-likeness (QED) is 0.763. The summed E-state index contributed by atoms with van der Waals surface area (Å²) in [5, 5.41) is 3.48. The Morgan fingerprint density at radius 1 is 1.11 bits per heavy atom. The minimum Gasteiger partial charge on any atom is -0.365 e. The summed E-state index contributed by atoms with van der Waals surface area (Å²) in [6, 6.07) is 10.3. The van der Waals surface area contributed by atoms with E-state index in [4.69, 9.17) is 0 Å². The molecule has 0 aromatic carbocycles. The summed E-state index contributed by atoms with van der Waals surface area (Å²) in [7, 11) is 0. The number of imidazole rings is 1. The highest BCUT2D eigenvalue weighted by Gasteiger charge is 2.06. The molecule has 0 saturated heterocycles. The van der Waals surface area contributed by atoms with Crippen LogP contribution in [0.25, 0.3) is 5.65 Å². The van der Waals surface area contributed by atoms with E-state index in [2.05, 4.69) is 22.2 Å². The van der Waals surface area contributed by atoms with Gasteiger partial charge in [0.2, 0.25) is 0 Å². The van der Waals surface area contributed by atoms with Crippen LogP contribution in [-0.2, 0) is 0 Å². The van der Waals surface area contributed by atoms with Crippen molar-refractivity contribution in [2.45, 2.75) is 13.0 Å². The number of aromatic nitrogens is 3. The van der Waals surface area contributed by atoms with E-state index in [0.29, 0.717) is 0 Å². The number of nitrogens with one attached hydrogen (secondary N) is 1. The summed E-state index contributed by atoms with van der Waals surface area (Å²) in [5.41, 5.74) is 2.16. The van der Waals surface area contributed by atoms with Crippen LogP contribution in [0.3, 0.4) is 0 Å². The van der Waals surface area contributed by atoms with Crippen molar-refractivity contribution in [3.8, 4) is 0 Å². The summed E-state index contributed by atoms with van der Waals surface area (Å²) >= 11 is 0. The van der Waals surface area contributed by atoms with Crippen LogP contribution in [-0.4, -0.2) is 14.4 Å². The van der Waals surface area contributed by atoms with Gasteiger partial charge in [-0.2, -0.15) is 0 Å². The van der Waals surface area contributed by atoms with Crippen molar-refractivity contribution in [1.29, 1.82) is 0 Å². The molecule has 4 heteroatoms. The molecule has 4 nitrogen and oxygen atoms in total. The molecule has 0 amide bonds. The largest absolute Gasteiger partial charge is 0.365 e. The molecule has 3 rings (SSSR count). The third kappa shape index (κ3) is 1.93. The second-order valence-electron chi connectivity index (χ2n) is 4.21. The normalized spacial score (nSPS) is 12.5. The molecule has 3 aromatic heterocycles. The predicted molar refractivity (Wildman–Crippen MR) is 71.5 cm³/mol. The summed E-state index contributed by atoms with van der Waals surface area (Å²) in [4.78, 5) is 8.31. The highest BCUT2D eigenvalue weighted by Crippen LogP contribution is 2.19. The monoisotopic (exact) mass is 238 g/mol. The van der Waals surface area contributed by atoms with Crippen LogP contribution in [0.1, 0.15) is 18.5 Å². The Bertz CT molecular complexity index is 645. The van der Waals surface area contributed by atoms with Crippen molar-refractivity contribution in [3.05, 3.63) is 60.7 Å². The van der Waals surface area contributed by atoms with Gasteiger partial charge < -0.3 is 5.32 Å². The van der Waals surface area contributed by atoms with Crippen LogP contribution in [0.15, 0.2) is 55.1 Å². The lowest BCUT2D eigenvalue weighted by atomic mass is 10.1. The van der Waals surface area contributed by atoms with Crippen LogP contribution in [0.4, 0.5) is 5.82 Å². The number of pyridine rings is 2. The fourth-order valence-electron chi connectivity index (χ4n) is 2.02. The molecule has 3 aromatic rings. The van der Waals surface area contributed by atoms with Gasteiger partial charge in [0.1, 0.15) is 11.5 Å². The van der Waals surface area contributed by atoms with Crippen LogP contribution < -0.4 is 5.32 Å². The van der Waals surface area contributed by atoms with Gasteiger partial charge in [-0.05, 0) is 36.8 Å². The topological polar surface area (TPSA) is 42.2 Å². The highest BCUT2D eigenvalue weighted by molar-refractivity contribution is 5.50. The van der Waals surface area contributed by atoms with Gasteiger partial charge in [0.25, 0.3) is 0 Å². The first-order valence-corrected chi connectivity index (χ1v) is 5.93. The van der Waals surface area contributed by atoms with E-state index in [-0.39, 0.29) is 6.04 Å². The molecular weight excluding hydrogens is 224 g/mol. The Morgan fingerprint density at radius 2 is 1.94 bits per heavy atom. The van der Waals surface area contributed by atoms with Crippen molar-refractivity contribution in [2.75, 3.05) is 5.32 Å². The van der Waals surface area contributed by atoms with E-state index in [1.807, 2.05) is 53.3 Å². The SMILES string of the molecule is CC(Nc1cccc2nccn12)c1ccncc1. The fourth-order valence-corrected chi connectivity index (χ4v) is 2.02. The van der Waals surface area contributed by atoms with Crippen molar-refractivity contribution in [1.82, 2.24) is 14.4 Å². The van der Waals surface area contributed by atoms with Crippen LogP contribution >= 0.6 is 0 Å². The van der Waals surface area contributed by atoms with Crippen molar-refractivity contribution < 1.29 is 0 Å². The summed E-state index contributed by atoms with van der Waals surface area (Å²) in [5.74, 6) is 1.04. The molecule has 1 unspecified atom stereocenters. The Morgan fingerprint density at radius 3 is 2.78 bits per heavy atom. The zero-order chi connectivity index (χ0) is 12.4. The summed E-state index contributed by atoms with van der Waals surface area (Å²) in [6.07, 6.45) is 7.38. The van der Waals surface area contributed by atoms with Gasteiger partial charge in [-0.25, -0.2) is 4.98 Å². The van der Waals surface area contributed by atoms with Gasteiger partial charge >= 0.3 is 0 Å². The van der Waals surface area contributed by atoms with E-state index in [9.17, 15) is 0 Å². The molecule has 3 heterocycles. The molecule has 0 radical (unpaired) electrons. The molecule has 1 N–H and O–H groups in total. The van der Waals surface area contributed by atoms with E-state index >= 15 is 0 Å². The van der Waals surface area contributed by atoms with Crippen LogP contribution in [0.5, 0.6) is 0 Å². The molecule has 0 aliphatic heterocycles. The first-order chi connectivity index (χ1) is 8.84. The zero-order valence-electron chi connectivity index (χ0n) is 10.1. The maximum atomic E-state index is 4.27. The number of hydrogen-bond acceptors (Lipinski definition) is 3. The van der Waals surface area contributed by atoms with Gasteiger partial charge in [0, 0.05) is 24.8 Å². The van der Waals surface area contributed by atoms with Gasteiger partial charge in [-0.15, -0.1) is 0 Å². The minimum absolute atomic E-state index is 0.223. The lowest BCUT2D eigenvalue weighted by Crippen LogP contribution is -2.09. The lowest BCUT2D eigenvalue weighted by molar-refractivity contribution is 0.865. The number of hydrogen-bond donors (Lipinski definition) is 1. The molecule has 18 heavy (non-hydrogen) atoms. The number of nitrogens with zero attached hydrogens (tertiary/aromatic N) is 3. The Labute approximate surface area is 105 Å². The van der Waals surface area contributed by atoms with E-state index in [0.717, 1.165) is 11.5 Å². The van der Waals surface area contributed by atoms with Crippen molar-refractivity contribution in [2.24, 2.45) is 0 Å². The Hall–Kier alpha value is -2.36. The van der Waals surface area contributed by atoms with Crippen LogP contribution in [0, 0.1) is 0 Å². The van der Waals surface area contributed by atoms with E-state index in [1.165, 1.54) is 5.56 Å². The van der Waals surface area contributed by atoms with Crippen molar-refractivity contribution in [3.63, 3.8) is 0 Å². The average molecular weight is 238 g/mol. The lowest BCUT2D eigenvalue weighted by Gasteiger charge is -2.16. The Kier molecular flexibility index (Phi) is 2.68. The first-order valence-electron chi connectivity index (χ1n) is 5.93. The zero-order valence-corrected chi connectivity index (χ0v) is 10.1. The van der Waals surface area contributed by atoms with E-state index in [1.54, 1.807) is 6.20 Å². The number of rotatable bonds is 3. The summed E-state index contributed by atoms with van der Waals surface area (Å²) < 4.78 is 2.04. The molecule has 0 saturated carbocycles. The van der Waals surface area contributed by atoms with Crippen LogP contribution in [0.2, 0.25) is 0 Å². The molecule has 0 spiro atoms. The molecule has 0 aliphatic carbocycles. The maximum absolute atomic E-state index is 4.27. The molecule has 1 atom stereocenters. The second-order valence-corrected chi connectivity index (χ2v) is 4.21. The van der Waals surface area contributed by atoms with Gasteiger partial charge in [0.15, 0.2) is 0 Å². The minimum atomic E-state index is 0.223. The maximum Gasteiger partial charge on any atom is 0.138 e. The number of fused-ring (bicyclic) bond motifs is 1. The third-order valence-electron chi connectivity index (χ3n) is 3.00. The third-order valence-corrected chi connectivity index (χ3v) is 3.00. The molecular formula is C14H14N4. The average Bonchev–Trinajstić information content (AvgIpc) is 2.89. The molecule has 90 valence electrons. The predicted octanol–water partition coefficient (Wildman–Crippen LogP) is 2.90. The van der Waals surface area contributed by atoms with E-state index < -0.39 is 0 Å². The molecule has 0 fully saturated rings. The van der Waals surface area contributed by atoms with Gasteiger partial charge in [-0.3, -0.25) is 9.38 Å². The fraction of sp³-hybridized carbons (Fsp3) is 0.143. The highest BCUT2D eigenvalue weighted by atomic mass is 15.1.